The van der Waals surface area contributed by atoms with Gasteiger partial charge >= 0.3 is 6.03 Å². The van der Waals surface area contributed by atoms with Crippen molar-refractivity contribution in [1.82, 2.24) is 9.80 Å². The molecular weight excluding hydrogens is 285 g/mol. The molecule has 6 heteroatoms. The van der Waals surface area contributed by atoms with Crippen LogP contribution in [0.4, 0.5) is 14.9 Å². The van der Waals surface area contributed by atoms with Crippen molar-refractivity contribution < 1.29 is 13.9 Å². The Morgan fingerprint density at radius 1 is 1.27 bits per heavy atom. The number of rotatable bonds is 3. The van der Waals surface area contributed by atoms with Crippen molar-refractivity contribution in [3.8, 4) is 0 Å². The number of hydrogen-bond donors (Lipinski definition) is 1. The number of anilines is 1. The van der Waals surface area contributed by atoms with Gasteiger partial charge in [0.05, 0.1) is 11.8 Å². The second-order valence-corrected chi connectivity index (χ2v) is 5.83. The highest BCUT2D eigenvalue weighted by atomic mass is 19.1. The van der Waals surface area contributed by atoms with Gasteiger partial charge in [0, 0.05) is 39.3 Å². The van der Waals surface area contributed by atoms with E-state index in [2.05, 4.69) is 10.2 Å². The molecule has 0 bridgehead atoms. The number of hydrogen-bond acceptors (Lipinski definition) is 3. The summed E-state index contributed by atoms with van der Waals surface area (Å²) in [5.41, 5.74) is 0.231. The lowest BCUT2D eigenvalue weighted by atomic mass is 10.2. The van der Waals surface area contributed by atoms with E-state index in [1.54, 1.807) is 23.1 Å². The van der Waals surface area contributed by atoms with E-state index in [1.165, 1.54) is 6.07 Å². The Labute approximate surface area is 130 Å². The van der Waals surface area contributed by atoms with E-state index in [-0.39, 0.29) is 11.7 Å². The molecule has 1 aromatic rings. The first kappa shape index (κ1) is 15.2. The molecule has 0 radical (unpaired) electrons. The molecule has 0 unspecified atom stereocenters. The first-order valence-electron chi connectivity index (χ1n) is 7.87. The average Bonchev–Trinajstić information content (AvgIpc) is 3.03. The summed E-state index contributed by atoms with van der Waals surface area (Å²) >= 11 is 0. The van der Waals surface area contributed by atoms with E-state index >= 15 is 0 Å². The molecule has 0 spiro atoms. The van der Waals surface area contributed by atoms with Crippen molar-refractivity contribution in [2.75, 3.05) is 44.6 Å². The fraction of sp³-hybridized carbons (Fsp3) is 0.562. The molecule has 2 fully saturated rings. The normalized spacial score (nSPS) is 22.8. The number of ether oxygens (including phenoxy) is 1. The minimum Gasteiger partial charge on any atom is -0.377 e. The van der Waals surface area contributed by atoms with E-state index in [9.17, 15) is 9.18 Å². The van der Waals surface area contributed by atoms with Gasteiger partial charge in [0.2, 0.25) is 0 Å². The summed E-state index contributed by atoms with van der Waals surface area (Å²) in [6.07, 6.45) is 2.63. The summed E-state index contributed by atoms with van der Waals surface area (Å²) in [6, 6.07) is 5.99. The number of nitrogens with zero attached hydrogens (tertiary/aromatic N) is 2. The van der Waals surface area contributed by atoms with Crippen LogP contribution in [-0.2, 0) is 4.74 Å². The third-order valence-corrected chi connectivity index (χ3v) is 4.26. The smallest absolute Gasteiger partial charge is 0.322 e. The van der Waals surface area contributed by atoms with Crippen molar-refractivity contribution in [2.24, 2.45) is 0 Å². The Balaban J connectivity index is 1.46. The first-order valence-corrected chi connectivity index (χ1v) is 7.87. The van der Waals surface area contributed by atoms with Crippen molar-refractivity contribution in [2.45, 2.75) is 18.9 Å². The maximum absolute atomic E-state index is 13.6. The van der Waals surface area contributed by atoms with E-state index < -0.39 is 5.82 Å². The lowest BCUT2D eigenvalue weighted by molar-refractivity contribution is 0.0571. The van der Waals surface area contributed by atoms with Gasteiger partial charge in [-0.3, -0.25) is 4.90 Å². The molecule has 2 heterocycles. The van der Waals surface area contributed by atoms with Gasteiger partial charge in [-0.15, -0.1) is 0 Å². The van der Waals surface area contributed by atoms with Crippen molar-refractivity contribution in [3.05, 3.63) is 30.1 Å². The molecule has 2 amide bonds. The van der Waals surface area contributed by atoms with Crippen LogP contribution in [0.5, 0.6) is 0 Å². The summed E-state index contributed by atoms with van der Waals surface area (Å²) in [4.78, 5) is 16.2. The molecule has 2 saturated heterocycles. The second kappa shape index (κ2) is 7.07. The number of urea groups is 1. The Morgan fingerprint density at radius 2 is 2.05 bits per heavy atom. The van der Waals surface area contributed by atoms with Gasteiger partial charge in [-0.05, 0) is 25.0 Å². The van der Waals surface area contributed by atoms with Crippen molar-refractivity contribution >= 4 is 11.7 Å². The van der Waals surface area contributed by atoms with Gasteiger partial charge in [0.15, 0.2) is 0 Å². The van der Waals surface area contributed by atoms with E-state index in [1.807, 2.05) is 0 Å². The molecule has 1 N–H and O–H groups in total. The van der Waals surface area contributed by atoms with E-state index in [4.69, 9.17) is 4.74 Å². The van der Waals surface area contributed by atoms with Crippen LogP contribution in [0, 0.1) is 5.82 Å². The Morgan fingerprint density at radius 3 is 2.73 bits per heavy atom. The van der Waals surface area contributed by atoms with Crippen LogP contribution in [0.2, 0.25) is 0 Å². The number of benzene rings is 1. The SMILES string of the molecule is O=C(Nc1ccccc1F)N1CCN(C[C@@H]2CCCO2)CC1. The zero-order valence-corrected chi connectivity index (χ0v) is 12.6. The zero-order chi connectivity index (χ0) is 15.4. The van der Waals surface area contributed by atoms with Crippen LogP contribution < -0.4 is 5.32 Å². The first-order chi connectivity index (χ1) is 10.7. The predicted molar refractivity (Wildman–Crippen MR) is 82.4 cm³/mol. The maximum atomic E-state index is 13.6. The van der Waals surface area contributed by atoms with Crippen LogP contribution in [0.1, 0.15) is 12.8 Å². The highest BCUT2D eigenvalue weighted by Gasteiger charge is 2.25. The van der Waals surface area contributed by atoms with E-state index in [0.717, 1.165) is 39.1 Å². The third kappa shape index (κ3) is 3.75. The number of halogens is 1. The predicted octanol–water partition coefficient (Wildman–Crippen LogP) is 2.15. The van der Waals surface area contributed by atoms with Crippen molar-refractivity contribution in [1.29, 1.82) is 0 Å². The zero-order valence-electron chi connectivity index (χ0n) is 12.6. The maximum Gasteiger partial charge on any atom is 0.322 e. The highest BCUT2D eigenvalue weighted by Crippen LogP contribution is 2.16. The summed E-state index contributed by atoms with van der Waals surface area (Å²) in [6.45, 7) is 4.81. The quantitative estimate of drug-likeness (QED) is 0.930. The monoisotopic (exact) mass is 307 g/mol. The van der Waals surface area contributed by atoms with Crippen molar-refractivity contribution in [3.63, 3.8) is 0 Å². The minimum atomic E-state index is -0.409. The average molecular weight is 307 g/mol. The number of amides is 2. The van der Waals surface area contributed by atoms with Gasteiger partial charge in [-0.1, -0.05) is 12.1 Å². The summed E-state index contributed by atoms with van der Waals surface area (Å²) < 4.78 is 19.2. The van der Waals surface area contributed by atoms with Crippen LogP contribution in [0.15, 0.2) is 24.3 Å². The van der Waals surface area contributed by atoms with Crippen LogP contribution in [0.3, 0.4) is 0 Å². The lowest BCUT2D eigenvalue weighted by Gasteiger charge is -2.35. The molecule has 2 aliphatic heterocycles. The Hall–Kier alpha value is -1.66. The topological polar surface area (TPSA) is 44.8 Å². The Kier molecular flexibility index (Phi) is 4.90. The Bertz CT molecular complexity index is 512. The van der Waals surface area contributed by atoms with Crippen LogP contribution in [0.25, 0.3) is 0 Å². The van der Waals surface area contributed by atoms with E-state index in [0.29, 0.717) is 19.2 Å². The molecule has 120 valence electrons. The largest absolute Gasteiger partial charge is 0.377 e. The van der Waals surface area contributed by atoms with Crippen LogP contribution in [-0.4, -0.2) is 61.3 Å². The van der Waals surface area contributed by atoms with Gasteiger partial charge in [0.25, 0.3) is 0 Å². The second-order valence-electron chi connectivity index (χ2n) is 5.83. The molecular formula is C16H22FN3O2. The highest BCUT2D eigenvalue weighted by molar-refractivity contribution is 5.89. The minimum absolute atomic E-state index is 0.231. The molecule has 5 nitrogen and oxygen atoms in total. The fourth-order valence-corrected chi connectivity index (χ4v) is 2.97. The van der Waals surface area contributed by atoms with Gasteiger partial charge < -0.3 is 15.0 Å². The van der Waals surface area contributed by atoms with Gasteiger partial charge in [-0.2, -0.15) is 0 Å². The molecule has 0 aliphatic carbocycles. The number of carbonyl (C=O) groups is 1. The standard InChI is InChI=1S/C16H22FN3O2/c17-14-5-1-2-6-15(14)18-16(21)20-9-7-19(8-10-20)12-13-4-3-11-22-13/h1-2,5-6,13H,3-4,7-12H2,(H,18,21)/t13-/m0/s1. The third-order valence-electron chi connectivity index (χ3n) is 4.26. The van der Waals surface area contributed by atoms with Gasteiger partial charge in [0.1, 0.15) is 5.82 Å². The molecule has 22 heavy (non-hydrogen) atoms. The molecule has 1 aromatic carbocycles. The molecule has 3 rings (SSSR count). The number of piperazine rings is 1. The lowest BCUT2D eigenvalue weighted by Crippen LogP contribution is -2.51. The molecule has 1 atom stereocenters. The molecule has 0 aromatic heterocycles. The number of para-hydroxylation sites is 1. The van der Waals surface area contributed by atoms with Gasteiger partial charge in [-0.25, -0.2) is 9.18 Å². The summed E-state index contributed by atoms with van der Waals surface area (Å²) in [5, 5.41) is 2.64. The summed E-state index contributed by atoms with van der Waals surface area (Å²) in [5.74, 6) is -0.409. The number of nitrogens with one attached hydrogen (secondary N) is 1. The molecule has 2 aliphatic rings. The molecule has 0 saturated carbocycles. The van der Waals surface area contributed by atoms with Crippen LogP contribution >= 0.6 is 0 Å². The number of carbonyl (C=O) groups excluding carboxylic acids is 1. The summed E-state index contributed by atoms with van der Waals surface area (Å²) in [7, 11) is 0. The fourth-order valence-electron chi connectivity index (χ4n) is 2.97.